The molecule has 0 radical (unpaired) electrons. The monoisotopic (exact) mass is 537 g/mol. The van der Waals surface area contributed by atoms with Crippen LogP contribution in [0.2, 0.25) is 0 Å². The lowest BCUT2D eigenvalue weighted by atomic mass is 9.94. The summed E-state index contributed by atoms with van der Waals surface area (Å²) >= 11 is 0. The fourth-order valence-corrected chi connectivity index (χ4v) is 5.15. The molecule has 212 valence electrons. The van der Waals surface area contributed by atoms with Crippen molar-refractivity contribution < 1.29 is 28.9 Å². The number of ketones is 1. The smallest absolute Gasteiger partial charge is 0.295 e. The first-order valence-corrected chi connectivity index (χ1v) is 14.1. The van der Waals surface area contributed by atoms with E-state index in [2.05, 4.69) is 6.92 Å². The Kier molecular flexibility index (Phi) is 11.7. The van der Waals surface area contributed by atoms with E-state index in [1.807, 2.05) is 6.07 Å². The molecular formula is C32H43NO6. The highest BCUT2D eigenvalue weighted by atomic mass is 16.5. The lowest BCUT2D eigenvalue weighted by Gasteiger charge is -2.26. The summed E-state index contributed by atoms with van der Waals surface area (Å²) in [6, 6.07) is 11.4. The number of carbonyl (C=O) groups excluding carboxylic acids is 2. The van der Waals surface area contributed by atoms with Gasteiger partial charge in [0.25, 0.3) is 11.7 Å². The Bertz CT molecular complexity index is 1120. The second kappa shape index (κ2) is 15.2. The van der Waals surface area contributed by atoms with Crippen molar-refractivity contribution in [2.45, 2.75) is 77.2 Å². The highest BCUT2D eigenvalue weighted by Gasteiger charge is 2.46. The minimum atomic E-state index is -0.731. The zero-order chi connectivity index (χ0) is 28.2. The van der Waals surface area contributed by atoms with Crippen LogP contribution in [0.4, 0.5) is 0 Å². The van der Waals surface area contributed by atoms with E-state index < -0.39 is 17.7 Å². The second-order valence-corrected chi connectivity index (χ2v) is 10.0. The number of ether oxygens (including phenoxy) is 3. The molecule has 1 atom stereocenters. The van der Waals surface area contributed by atoms with Crippen molar-refractivity contribution >= 4 is 17.4 Å². The van der Waals surface area contributed by atoms with Crippen LogP contribution in [-0.4, -0.2) is 49.6 Å². The first-order chi connectivity index (χ1) is 19.0. The SMILES string of the molecule is CCCCCCCCCCCCN1C(=O)C(=O)C(=C(O)c2ccc(OC)cc2)[C@@H]1c1ccc(OC)c(OC)c1. The van der Waals surface area contributed by atoms with Gasteiger partial charge in [0.1, 0.15) is 11.5 Å². The lowest BCUT2D eigenvalue weighted by Crippen LogP contribution is -2.30. The van der Waals surface area contributed by atoms with Crippen LogP contribution in [0.3, 0.4) is 0 Å². The van der Waals surface area contributed by atoms with Crippen LogP contribution in [0.25, 0.3) is 5.76 Å². The summed E-state index contributed by atoms with van der Waals surface area (Å²) in [5, 5.41) is 11.3. The van der Waals surface area contributed by atoms with Crippen molar-refractivity contribution in [1.82, 2.24) is 4.90 Å². The molecule has 1 fully saturated rings. The van der Waals surface area contributed by atoms with Gasteiger partial charge in [-0.3, -0.25) is 9.59 Å². The quantitative estimate of drug-likeness (QED) is 0.107. The first-order valence-electron chi connectivity index (χ1n) is 14.1. The molecule has 0 saturated carbocycles. The molecule has 0 aliphatic carbocycles. The van der Waals surface area contributed by atoms with Crippen LogP contribution >= 0.6 is 0 Å². The molecule has 1 aliphatic rings. The van der Waals surface area contributed by atoms with Crippen molar-refractivity contribution in [3.8, 4) is 17.2 Å². The van der Waals surface area contributed by atoms with Crippen LogP contribution in [0.5, 0.6) is 17.2 Å². The molecular weight excluding hydrogens is 494 g/mol. The van der Waals surface area contributed by atoms with E-state index in [9.17, 15) is 14.7 Å². The Hall–Kier alpha value is -3.48. The number of Topliss-reactive ketones (excluding diaryl/α,β-unsaturated/α-hetero) is 1. The topological polar surface area (TPSA) is 85.3 Å². The maximum Gasteiger partial charge on any atom is 0.295 e. The minimum Gasteiger partial charge on any atom is -0.507 e. The average Bonchev–Trinajstić information content (AvgIpc) is 3.22. The van der Waals surface area contributed by atoms with Crippen molar-refractivity contribution in [3.63, 3.8) is 0 Å². The van der Waals surface area contributed by atoms with Crippen LogP contribution in [-0.2, 0) is 9.59 Å². The molecule has 7 nitrogen and oxygen atoms in total. The molecule has 1 aliphatic heterocycles. The third-order valence-electron chi connectivity index (χ3n) is 7.38. The molecule has 1 heterocycles. The van der Waals surface area contributed by atoms with Gasteiger partial charge >= 0.3 is 0 Å². The number of hydrogen-bond acceptors (Lipinski definition) is 6. The van der Waals surface area contributed by atoms with Gasteiger partial charge in [0.15, 0.2) is 11.5 Å². The predicted molar refractivity (Wildman–Crippen MR) is 153 cm³/mol. The number of rotatable bonds is 16. The summed E-state index contributed by atoms with van der Waals surface area (Å²) in [5.41, 5.74) is 1.19. The van der Waals surface area contributed by atoms with Gasteiger partial charge in [-0.05, 0) is 48.4 Å². The molecule has 2 aromatic rings. The molecule has 0 aromatic heterocycles. The van der Waals surface area contributed by atoms with E-state index in [-0.39, 0.29) is 11.3 Å². The van der Waals surface area contributed by atoms with Gasteiger partial charge in [0.2, 0.25) is 0 Å². The van der Waals surface area contributed by atoms with Gasteiger partial charge in [-0.15, -0.1) is 0 Å². The summed E-state index contributed by atoms with van der Waals surface area (Å²) in [6.45, 7) is 2.66. The second-order valence-electron chi connectivity index (χ2n) is 10.0. The Morgan fingerprint density at radius 3 is 1.92 bits per heavy atom. The Morgan fingerprint density at radius 1 is 0.769 bits per heavy atom. The number of hydrogen-bond donors (Lipinski definition) is 1. The largest absolute Gasteiger partial charge is 0.507 e. The van der Waals surface area contributed by atoms with Gasteiger partial charge in [0.05, 0.1) is 32.9 Å². The number of carbonyl (C=O) groups is 2. The molecule has 3 rings (SSSR count). The average molecular weight is 538 g/mol. The molecule has 2 aromatic carbocycles. The first kappa shape index (κ1) is 30.1. The van der Waals surface area contributed by atoms with Gasteiger partial charge in [-0.1, -0.05) is 70.8 Å². The minimum absolute atomic E-state index is 0.0736. The molecule has 0 bridgehead atoms. The zero-order valence-electron chi connectivity index (χ0n) is 23.8. The molecule has 0 unspecified atom stereocenters. The number of methoxy groups -OCH3 is 3. The number of aliphatic hydroxyl groups is 1. The van der Waals surface area contributed by atoms with E-state index in [1.54, 1.807) is 62.6 Å². The summed E-state index contributed by atoms with van der Waals surface area (Å²) in [7, 11) is 4.66. The fraction of sp³-hybridized carbons (Fsp3) is 0.500. The normalized spacial score (nSPS) is 16.5. The summed E-state index contributed by atoms with van der Waals surface area (Å²) in [6.07, 6.45) is 11.8. The van der Waals surface area contributed by atoms with Gasteiger partial charge in [-0.25, -0.2) is 0 Å². The van der Waals surface area contributed by atoms with Crippen LogP contribution < -0.4 is 14.2 Å². The summed E-state index contributed by atoms with van der Waals surface area (Å²) in [5.74, 6) is 0.175. The number of amides is 1. The van der Waals surface area contributed by atoms with Gasteiger partial charge < -0.3 is 24.2 Å². The van der Waals surface area contributed by atoms with E-state index in [0.717, 1.165) is 19.3 Å². The van der Waals surface area contributed by atoms with Crippen LogP contribution in [0.15, 0.2) is 48.0 Å². The van der Waals surface area contributed by atoms with E-state index in [0.29, 0.717) is 34.9 Å². The van der Waals surface area contributed by atoms with Gasteiger partial charge in [0, 0.05) is 12.1 Å². The molecule has 1 N–H and O–H groups in total. The zero-order valence-corrected chi connectivity index (χ0v) is 23.8. The standard InChI is InChI=1S/C32H43NO6/c1-5-6-7-8-9-10-11-12-13-14-21-33-29(24-17-20-26(38-3)27(22-24)39-4)28(31(35)32(33)36)30(34)23-15-18-25(37-2)19-16-23/h15-20,22,29,34H,5-14,21H2,1-4H3/t29-/m0/s1. The molecule has 1 saturated heterocycles. The Labute approximate surface area is 232 Å². The predicted octanol–water partition coefficient (Wildman–Crippen LogP) is 7.06. The maximum absolute atomic E-state index is 13.3. The summed E-state index contributed by atoms with van der Waals surface area (Å²) in [4.78, 5) is 28.2. The lowest BCUT2D eigenvalue weighted by molar-refractivity contribution is -0.139. The maximum atomic E-state index is 13.3. The van der Waals surface area contributed by atoms with Crippen LogP contribution in [0.1, 0.15) is 88.3 Å². The number of nitrogens with zero attached hydrogens (tertiary/aromatic N) is 1. The van der Waals surface area contributed by atoms with Crippen LogP contribution in [0, 0.1) is 0 Å². The van der Waals surface area contributed by atoms with Gasteiger partial charge in [-0.2, -0.15) is 0 Å². The number of aliphatic hydroxyl groups excluding tert-OH is 1. The fourth-order valence-electron chi connectivity index (χ4n) is 5.15. The summed E-state index contributed by atoms with van der Waals surface area (Å²) < 4.78 is 16.1. The molecule has 1 amide bonds. The van der Waals surface area contributed by atoms with Crippen molar-refractivity contribution in [2.24, 2.45) is 0 Å². The number of benzene rings is 2. The number of unbranched alkanes of at least 4 members (excludes halogenated alkanes) is 9. The Morgan fingerprint density at radius 2 is 1.36 bits per heavy atom. The third kappa shape index (κ3) is 7.55. The third-order valence-corrected chi connectivity index (χ3v) is 7.38. The molecule has 7 heteroatoms. The van der Waals surface area contributed by atoms with E-state index >= 15 is 0 Å². The Balaban J connectivity index is 1.81. The van der Waals surface area contributed by atoms with Crippen molar-refractivity contribution in [3.05, 3.63) is 59.2 Å². The highest BCUT2D eigenvalue weighted by molar-refractivity contribution is 6.46. The highest BCUT2D eigenvalue weighted by Crippen LogP contribution is 2.42. The number of likely N-dealkylation sites (tertiary alicyclic amines) is 1. The van der Waals surface area contributed by atoms with Crippen molar-refractivity contribution in [1.29, 1.82) is 0 Å². The molecule has 0 spiro atoms. The van der Waals surface area contributed by atoms with E-state index in [4.69, 9.17) is 14.2 Å². The van der Waals surface area contributed by atoms with E-state index in [1.165, 1.54) is 44.9 Å². The van der Waals surface area contributed by atoms with Crippen molar-refractivity contribution in [2.75, 3.05) is 27.9 Å². The molecule has 39 heavy (non-hydrogen) atoms.